The van der Waals surface area contributed by atoms with Crippen molar-refractivity contribution in [2.75, 3.05) is 0 Å². The molecule has 2 rings (SSSR count). The van der Waals surface area contributed by atoms with Crippen molar-refractivity contribution in [1.29, 1.82) is 0 Å². The van der Waals surface area contributed by atoms with Crippen molar-refractivity contribution >= 4 is 11.6 Å². The third-order valence-electron chi connectivity index (χ3n) is 4.07. The second-order valence-corrected chi connectivity index (χ2v) is 7.83. The first kappa shape index (κ1) is 16.1. The molecule has 0 atom stereocenters. The maximum atomic E-state index is 6.00. The van der Waals surface area contributed by atoms with Crippen LogP contribution in [0, 0.1) is 5.41 Å². The van der Waals surface area contributed by atoms with E-state index in [-0.39, 0.29) is 10.8 Å². The van der Waals surface area contributed by atoms with Crippen molar-refractivity contribution in [3.8, 4) is 0 Å². The van der Waals surface area contributed by atoms with Gasteiger partial charge in [0.1, 0.15) is 0 Å². The van der Waals surface area contributed by atoms with Crippen molar-refractivity contribution in [2.45, 2.75) is 46.0 Å². The molecule has 0 aliphatic carbocycles. The largest absolute Gasteiger partial charge is 0.0843 e. The molecular weight excluding hydrogens is 276 g/mol. The Morgan fingerprint density at radius 2 is 1.38 bits per heavy atom. The number of halogens is 1. The van der Waals surface area contributed by atoms with E-state index in [1.807, 2.05) is 12.1 Å². The molecule has 0 saturated carbocycles. The summed E-state index contributed by atoms with van der Waals surface area (Å²) in [6, 6.07) is 19.0. The summed E-state index contributed by atoms with van der Waals surface area (Å²) in [6.45, 7) is 9.36. The van der Waals surface area contributed by atoms with Crippen molar-refractivity contribution < 1.29 is 0 Å². The first-order valence-corrected chi connectivity index (χ1v) is 7.96. The molecule has 0 unspecified atom stereocenters. The Balaban J connectivity index is 2.12. The SMILES string of the molecule is CC(C)(Cc1ccccc1)CC(C)(C)c1ccc(Cl)cc1. The number of benzene rings is 2. The van der Waals surface area contributed by atoms with Crippen molar-refractivity contribution in [1.82, 2.24) is 0 Å². The zero-order chi connectivity index (χ0) is 15.5. The van der Waals surface area contributed by atoms with Crippen molar-refractivity contribution in [2.24, 2.45) is 5.41 Å². The molecule has 0 saturated heterocycles. The molecular formula is C20H25Cl. The predicted molar refractivity (Wildman–Crippen MR) is 93.0 cm³/mol. The molecule has 0 aliphatic rings. The van der Waals surface area contributed by atoms with Crippen LogP contribution in [0.4, 0.5) is 0 Å². The fourth-order valence-electron chi connectivity index (χ4n) is 3.41. The fourth-order valence-corrected chi connectivity index (χ4v) is 3.54. The molecule has 0 aromatic heterocycles. The van der Waals surface area contributed by atoms with Crippen molar-refractivity contribution in [3.05, 3.63) is 70.7 Å². The van der Waals surface area contributed by atoms with Gasteiger partial charge in [-0.2, -0.15) is 0 Å². The molecule has 21 heavy (non-hydrogen) atoms. The molecule has 0 nitrogen and oxygen atoms in total. The molecule has 0 aliphatic heterocycles. The van der Waals surface area contributed by atoms with Crippen LogP contribution in [0.15, 0.2) is 54.6 Å². The lowest BCUT2D eigenvalue weighted by molar-refractivity contribution is 0.255. The molecule has 0 heterocycles. The molecule has 0 radical (unpaired) electrons. The Hall–Kier alpha value is -1.27. The van der Waals surface area contributed by atoms with Gasteiger partial charge in [-0.15, -0.1) is 0 Å². The van der Waals surface area contributed by atoms with Crippen LogP contribution in [0.5, 0.6) is 0 Å². The lowest BCUT2D eigenvalue weighted by Gasteiger charge is -2.35. The van der Waals surface area contributed by atoms with Crippen LogP contribution in [0.1, 0.15) is 45.2 Å². The summed E-state index contributed by atoms with van der Waals surface area (Å²) in [5.74, 6) is 0. The topological polar surface area (TPSA) is 0 Å². The van der Waals surface area contributed by atoms with Gasteiger partial charge in [0.2, 0.25) is 0 Å². The molecule has 0 spiro atoms. The molecule has 0 bridgehead atoms. The molecule has 0 fully saturated rings. The maximum Gasteiger partial charge on any atom is 0.0406 e. The monoisotopic (exact) mass is 300 g/mol. The van der Waals surface area contributed by atoms with Gasteiger partial charge in [0, 0.05) is 5.02 Å². The van der Waals surface area contributed by atoms with E-state index in [2.05, 4.69) is 70.2 Å². The van der Waals surface area contributed by atoms with Crippen LogP contribution >= 0.6 is 11.6 Å². The van der Waals surface area contributed by atoms with Crippen molar-refractivity contribution in [3.63, 3.8) is 0 Å². The summed E-state index contributed by atoms with van der Waals surface area (Å²) in [5, 5.41) is 0.804. The summed E-state index contributed by atoms with van der Waals surface area (Å²) in [5.41, 5.74) is 3.16. The van der Waals surface area contributed by atoms with Crippen LogP contribution in [0.2, 0.25) is 5.02 Å². The average Bonchev–Trinajstić information content (AvgIpc) is 2.38. The van der Waals surface area contributed by atoms with Gasteiger partial charge in [-0.1, -0.05) is 81.8 Å². The van der Waals surface area contributed by atoms with Gasteiger partial charge in [0.15, 0.2) is 0 Å². The van der Waals surface area contributed by atoms with E-state index in [0.717, 1.165) is 17.9 Å². The Kier molecular flexibility index (Phi) is 4.78. The van der Waals surface area contributed by atoms with Crippen LogP contribution in [0.3, 0.4) is 0 Å². The number of hydrogen-bond donors (Lipinski definition) is 0. The summed E-state index contributed by atoms with van der Waals surface area (Å²) in [6.07, 6.45) is 2.24. The number of rotatable bonds is 5. The quantitative estimate of drug-likeness (QED) is 0.610. The van der Waals surface area contributed by atoms with Crippen LogP contribution in [-0.2, 0) is 11.8 Å². The Morgan fingerprint density at radius 1 is 0.810 bits per heavy atom. The average molecular weight is 301 g/mol. The molecule has 2 aromatic carbocycles. The van der Waals surface area contributed by atoms with E-state index in [0.29, 0.717) is 0 Å². The summed E-state index contributed by atoms with van der Waals surface area (Å²) in [4.78, 5) is 0. The first-order valence-electron chi connectivity index (χ1n) is 7.59. The van der Waals surface area contributed by atoms with Gasteiger partial charge in [-0.25, -0.2) is 0 Å². The Bertz CT molecular complexity index is 565. The van der Waals surface area contributed by atoms with Crippen LogP contribution < -0.4 is 0 Å². The zero-order valence-corrected chi connectivity index (χ0v) is 14.2. The molecule has 1 heteroatoms. The maximum absolute atomic E-state index is 6.00. The van der Waals surface area contributed by atoms with E-state index in [9.17, 15) is 0 Å². The summed E-state index contributed by atoms with van der Waals surface area (Å²) in [7, 11) is 0. The predicted octanol–water partition coefficient (Wildman–Crippen LogP) is 6.28. The second-order valence-electron chi connectivity index (χ2n) is 7.39. The van der Waals surface area contributed by atoms with Gasteiger partial charge in [-0.05, 0) is 46.9 Å². The standard InChI is InChI=1S/C20H25Cl/c1-19(2,14-16-8-6-5-7-9-16)15-20(3,4)17-10-12-18(21)13-11-17/h5-13H,14-15H2,1-4H3. The van der Waals surface area contributed by atoms with E-state index in [4.69, 9.17) is 11.6 Å². The molecule has 0 N–H and O–H groups in total. The highest BCUT2D eigenvalue weighted by atomic mass is 35.5. The van der Waals surface area contributed by atoms with Gasteiger partial charge >= 0.3 is 0 Å². The first-order chi connectivity index (χ1) is 9.78. The van der Waals surface area contributed by atoms with E-state index in [1.165, 1.54) is 11.1 Å². The summed E-state index contributed by atoms with van der Waals surface area (Å²) < 4.78 is 0. The van der Waals surface area contributed by atoms with E-state index < -0.39 is 0 Å². The minimum absolute atomic E-state index is 0.142. The van der Waals surface area contributed by atoms with Gasteiger partial charge < -0.3 is 0 Å². The molecule has 112 valence electrons. The molecule has 0 amide bonds. The Morgan fingerprint density at radius 3 is 1.95 bits per heavy atom. The minimum atomic E-state index is 0.142. The highest BCUT2D eigenvalue weighted by Crippen LogP contribution is 2.38. The third-order valence-corrected chi connectivity index (χ3v) is 4.32. The minimum Gasteiger partial charge on any atom is -0.0843 e. The normalized spacial score (nSPS) is 12.4. The zero-order valence-electron chi connectivity index (χ0n) is 13.5. The van der Waals surface area contributed by atoms with Gasteiger partial charge in [-0.3, -0.25) is 0 Å². The van der Waals surface area contributed by atoms with Crippen LogP contribution in [0.25, 0.3) is 0 Å². The lowest BCUT2D eigenvalue weighted by Crippen LogP contribution is -2.28. The fraction of sp³-hybridized carbons (Fsp3) is 0.400. The highest BCUT2D eigenvalue weighted by molar-refractivity contribution is 6.30. The third kappa shape index (κ3) is 4.61. The van der Waals surface area contributed by atoms with E-state index in [1.54, 1.807) is 0 Å². The van der Waals surface area contributed by atoms with Gasteiger partial charge in [0.05, 0.1) is 0 Å². The second kappa shape index (κ2) is 6.23. The molecule has 2 aromatic rings. The highest BCUT2D eigenvalue weighted by Gasteiger charge is 2.30. The van der Waals surface area contributed by atoms with Gasteiger partial charge in [0.25, 0.3) is 0 Å². The summed E-state index contributed by atoms with van der Waals surface area (Å²) >= 11 is 6.00. The lowest BCUT2D eigenvalue weighted by atomic mass is 9.69. The number of hydrogen-bond acceptors (Lipinski definition) is 0. The smallest absolute Gasteiger partial charge is 0.0406 e. The Labute approximate surface area is 134 Å². The van der Waals surface area contributed by atoms with Crippen LogP contribution in [-0.4, -0.2) is 0 Å². The van der Waals surface area contributed by atoms with E-state index >= 15 is 0 Å².